The van der Waals surface area contributed by atoms with Gasteiger partial charge in [0.15, 0.2) is 0 Å². The van der Waals surface area contributed by atoms with Crippen LogP contribution in [0.4, 0.5) is 0 Å². The zero-order valence-corrected chi connectivity index (χ0v) is 12.0. The van der Waals surface area contributed by atoms with Crippen LogP contribution in [0, 0.1) is 0 Å². The summed E-state index contributed by atoms with van der Waals surface area (Å²) in [5.74, 6) is 1.00. The van der Waals surface area contributed by atoms with Crippen molar-refractivity contribution in [2.24, 2.45) is 0 Å². The van der Waals surface area contributed by atoms with E-state index in [1.165, 1.54) is 11.3 Å². The summed E-state index contributed by atoms with van der Waals surface area (Å²) >= 11 is 0. The Morgan fingerprint density at radius 1 is 1.40 bits per heavy atom. The molecule has 2 aromatic heterocycles. The quantitative estimate of drug-likeness (QED) is 0.907. The molecule has 0 fully saturated rings. The molecule has 0 saturated carbocycles. The number of hydrogen-bond acceptors (Lipinski definition) is 4. The maximum Gasteiger partial charge on any atom is 0.122 e. The van der Waals surface area contributed by atoms with Crippen LogP contribution in [0.15, 0.2) is 41.1 Å². The molecule has 20 heavy (non-hydrogen) atoms. The van der Waals surface area contributed by atoms with Crippen molar-refractivity contribution in [2.75, 3.05) is 20.6 Å². The predicted octanol–water partition coefficient (Wildman–Crippen LogP) is 2.55. The number of nitrogens with one attached hydrogen (secondary N) is 1. The zero-order valence-electron chi connectivity index (χ0n) is 12.0. The van der Waals surface area contributed by atoms with Crippen molar-refractivity contribution in [3.05, 3.63) is 53.7 Å². The van der Waals surface area contributed by atoms with Gasteiger partial charge in [0.25, 0.3) is 0 Å². The smallest absolute Gasteiger partial charge is 0.122 e. The van der Waals surface area contributed by atoms with Gasteiger partial charge in [0.2, 0.25) is 0 Å². The van der Waals surface area contributed by atoms with Gasteiger partial charge < -0.3 is 9.73 Å². The first-order valence-electron chi connectivity index (χ1n) is 7.12. The van der Waals surface area contributed by atoms with Crippen LogP contribution in [0.1, 0.15) is 35.5 Å². The van der Waals surface area contributed by atoms with Crippen LogP contribution < -0.4 is 5.32 Å². The van der Waals surface area contributed by atoms with Crippen molar-refractivity contribution in [3.63, 3.8) is 0 Å². The minimum absolute atomic E-state index is 0.248. The predicted molar refractivity (Wildman–Crippen MR) is 78.4 cm³/mol. The van der Waals surface area contributed by atoms with Crippen LogP contribution in [0.2, 0.25) is 0 Å². The van der Waals surface area contributed by atoms with Gasteiger partial charge in [-0.1, -0.05) is 6.07 Å². The Kier molecular flexibility index (Phi) is 3.85. The van der Waals surface area contributed by atoms with Crippen LogP contribution in [0.5, 0.6) is 0 Å². The topological polar surface area (TPSA) is 41.3 Å². The van der Waals surface area contributed by atoms with Crippen molar-refractivity contribution in [1.82, 2.24) is 15.2 Å². The lowest BCUT2D eigenvalue weighted by Crippen LogP contribution is -2.32. The minimum Gasteiger partial charge on any atom is -0.468 e. The average molecular weight is 271 g/mol. The van der Waals surface area contributed by atoms with Crippen LogP contribution in [0.25, 0.3) is 0 Å². The number of aromatic nitrogens is 1. The molecule has 106 valence electrons. The molecule has 1 aliphatic rings. The fourth-order valence-corrected chi connectivity index (χ4v) is 2.88. The fraction of sp³-hybridized carbons (Fsp3) is 0.438. The number of hydrogen-bond donors (Lipinski definition) is 1. The molecule has 2 unspecified atom stereocenters. The summed E-state index contributed by atoms with van der Waals surface area (Å²) in [5.41, 5.74) is 2.59. The Morgan fingerprint density at radius 2 is 2.30 bits per heavy atom. The third-order valence-electron chi connectivity index (χ3n) is 4.01. The molecule has 2 atom stereocenters. The fourth-order valence-electron chi connectivity index (χ4n) is 2.88. The van der Waals surface area contributed by atoms with Crippen LogP contribution >= 0.6 is 0 Å². The van der Waals surface area contributed by atoms with E-state index >= 15 is 0 Å². The van der Waals surface area contributed by atoms with Crippen molar-refractivity contribution in [1.29, 1.82) is 0 Å². The van der Waals surface area contributed by atoms with E-state index in [1.807, 2.05) is 24.4 Å². The Hall–Kier alpha value is -1.65. The first kappa shape index (κ1) is 13.3. The minimum atomic E-state index is 0.248. The number of aryl methyl sites for hydroxylation is 1. The first-order chi connectivity index (χ1) is 9.75. The summed E-state index contributed by atoms with van der Waals surface area (Å²) in [7, 11) is 4.16. The standard InChI is InChI=1S/C16H21N3O/c1-19(2)14(15-6-4-10-20-15)11-18-13-8-7-12-5-3-9-17-16(12)13/h3-6,9-10,13-14,18H,7-8,11H2,1-2H3. The second kappa shape index (κ2) is 5.77. The van der Waals surface area contributed by atoms with E-state index in [2.05, 4.69) is 35.4 Å². The van der Waals surface area contributed by atoms with Gasteiger partial charge in [-0.2, -0.15) is 0 Å². The van der Waals surface area contributed by atoms with Crippen LogP contribution in [-0.2, 0) is 6.42 Å². The zero-order chi connectivity index (χ0) is 13.9. The molecule has 2 aromatic rings. The molecule has 3 rings (SSSR count). The van der Waals surface area contributed by atoms with Gasteiger partial charge in [0.1, 0.15) is 5.76 Å². The Bertz CT molecular complexity index is 551. The summed E-state index contributed by atoms with van der Waals surface area (Å²) < 4.78 is 5.54. The van der Waals surface area contributed by atoms with Crippen molar-refractivity contribution in [2.45, 2.75) is 24.9 Å². The third kappa shape index (κ3) is 2.62. The van der Waals surface area contributed by atoms with Gasteiger partial charge in [-0.3, -0.25) is 9.88 Å². The number of fused-ring (bicyclic) bond motifs is 1. The highest BCUT2D eigenvalue weighted by atomic mass is 16.3. The van der Waals surface area contributed by atoms with Crippen molar-refractivity contribution in [3.8, 4) is 0 Å². The molecular weight excluding hydrogens is 250 g/mol. The van der Waals surface area contributed by atoms with Crippen molar-refractivity contribution < 1.29 is 4.42 Å². The number of pyridine rings is 1. The summed E-state index contributed by atoms with van der Waals surface area (Å²) in [6.07, 6.45) is 5.87. The molecule has 0 radical (unpaired) electrons. The highest BCUT2D eigenvalue weighted by Gasteiger charge is 2.25. The van der Waals surface area contributed by atoms with Gasteiger partial charge in [0.05, 0.1) is 24.0 Å². The molecule has 1 aliphatic carbocycles. The molecule has 0 bridgehead atoms. The Labute approximate surface area is 119 Å². The SMILES string of the molecule is CN(C)C(CNC1CCc2cccnc21)c1ccco1. The van der Waals surface area contributed by atoms with Gasteiger partial charge in [-0.15, -0.1) is 0 Å². The largest absolute Gasteiger partial charge is 0.468 e. The van der Waals surface area contributed by atoms with Crippen LogP contribution in [-0.4, -0.2) is 30.5 Å². The highest BCUT2D eigenvalue weighted by molar-refractivity contribution is 5.27. The molecule has 0 spiro atoms. The highest BCUT2D eigenvalue weighted by Crippen LogP contribution is 2.29. The first-order valence-corrected chi connectivity index (χ1v) is 7.12. The normalized spacial score (nSPS) is 19.2. The summed E-state index contributed by atoms with van der Waals surface area (Å²) in [6.45, 7) is 0.862. The second-order valence-electron chi connectivity index (χ2n) is 5.54. The van der Waals surface area contributed by atoms with E-state index in [-0.39, 0.29) is 6.04 Å². The summed E-state index contributed by atoms with van der Waals surface area (Å²) in [6, 6.07) is 8.79. The Morgan fingerprint density at radius 3 is 3.05 bits per heavy atom. The van der Waals surface area contributed by atoms with E-state index in [0.717, 1.165) is 25.1 Å². The number of rotatable bonds is 5. The summed E-state index contributed by atoms with van der Waals surface area (Å²) in [5, 5.41) is 3.64. The molecule has 0 saturated heterocycles. The number of furan rings is 1. The van der Waals surface area contributed by atoms with Crippen LogP contribution in [0.3, 0.4) is 0 Å². The molecular formula is C16H21N3O. The maximum absolute atomic E-state index is 5.54. The van der Waals surface area contributed by atoms with Crippen molar-refractivity contribution >= 4 is 0 Å². The van der Waals surface area contributed by atoms with Gasteiger partial charge in [0, 0.05) is 12.7 Å². The van der Waals surface area contributed by atoms with E-state index in [9.17, 15) is 0 Å². The summed E-state index contributed by atoms with van der Waals surface area (Å²) in [4.78, 5) is 6.71. The number of nitrogens with zero attached hydrogens (tertiary/aromatic N) is 2. The lowest BCUT2D eigenvalue weighted by molar-refractivity contribution is 0.243. The molecule has 2 heterocycles. The van der Waals surface area contributed by atoms with E-state index in [0.29, 0.717) is 6.04 Å². The van der Waals surface area contributed by atoms with E-state index in [1.54, 1.807) is 6.26 Å². The monoisotopic (exact) mass is 271 g/mol. The maximum atomic E-state index is 5.54. The molecule has 0 amide bonds. The Balaban J connectivity index is 1.67. The van der Waals surface area contributed by atoms with E-state index < -0.39 is 0 Å². The van der Waals surface area contributed by atoms with E-state index in [4.69, 9.17) is 4.42 Å². The molecule has 0 aromatic carbocycles. The van der Waals surface area contributed by atoms with Gasteiger partial charge in [-0.05, 0) is 50.7 Å². The molecule has 4 heteroatoms. The molecule has 0 aliphatic heterocycles. The third-order valence-corrected chi connectivity index (χ3v) is 4.01. The molecule has 1 N–H and O–H groups in total. The molecule has 4 nitrogen and oxygen atoms in total. The van der Waals surface area contributed by atoms with Gasteiger partial charge in [-0.25, -0.2) is 0 Å². The van der Waals surface area contributed by atoms with Gasteiger partial charge >= 0.3 is 0 Å². The number of likely N-dealkylation sites (N-methyl/N-ethyl adjacent to an activating group) is 1. The lowest BCUT2D eigenvalue weighted by Gasteiger charge is -2.24. The second-order valence-corrected chi connectivity index (χ2v) is 5.54. The average Bonchev–Trinajstić information content (AvgIpc) is 3.09. The lowest BCUT2D eigenvalue weighted by atomic mass is 10.1.